The van der Waals surface area contributed by atoms with Crippen molar-refractivity contribution in [3.8, 4) is 11.5 Å². The molecule has 0 spiro atoms. The van der Waals surface area contributed by atoms with Crippen LogP contribution in [0.1, 0.15) is 61.5 Å². The molecule has 4 rings (SSSR count). The molecule has 0 saturated carbocycles. The second-order valence-electron chi connectivity index (χ2n) is 10.6. The fourth-order valence-electron chi connectivity index (χ4n) is 4.51. The van der Waals surface area contributed by atoms with Crippen LogP contribution >= 0.6 is 11.6 Å². The Balaban J connectivity index is 1.20. The van der Waals surface area contributed by atoms with Gasteiger partial charge in [0, 0.05) is 34.5 Å². The van der Waals surface area contributed by atoms with Crippen molar-refractivity contribution in [1.29, 1.82) is 0 Å². The number of Topliss-reactive ketones (excluding diaryl/α,β-unsaturated/α-hetero) is 1. The number of halogens is 1. The average Bonchev–Trinajstić information content (AvgIpc) is 2.98. The third kappa shape index (κ3) is 8.30. The van der Waals surface area contributed by atoms with Gasteiger partial charge in [-0.15, -0.1) is 0 Å². The summed E-state index contributed by atoms with van der Waals surface area (Å²) in [5, 5.41) is 3.25. The summed E-state index contributed by atoms with van der Waals surface area (Å²) in [6.07, 6.45) is -0.490. The van der Waals surface area contributed by atoms with Crippen molar-refractivity contribution in [2.45, 2.75) is 51.6 Å². The molecule has 216 valence electrons. The quantitative estimate of drug-likeness (QED) is 0.134. The Morgan fingerprint density at radius 2 is 1.40 bits per heavy atom. The minimum Gasteiger partial charge on any atom is -0.457 e. The van der Waals surface area contributed by atoms with E-state index in [9.17, 15) is 14.4 Å². The van der Waals surface area contributed by atoms with Crippen LogP contribution in [0.15, 0.2) is 103 Å². The van der Waals surface area contributed by atoms with Crippen molar-refractivity contribution in [3.63, 3.8) is 0 Å². The van der Waals surface area contributed by atoms with Gasteiger partial charge in [0.05, 0.1) is 0 Å². The van der Waals surface area contributed by atoms with Crippen molar-refractivity contribution < 1.29 is 23.9 Å². The molecule has 0 heterocycles. The molecule has 0 bridgehead atoms. The molecule has 0 aliphatic rings. The van der Waals surface area contributed by atoms with E-state index in [1.54, 1.807) is 42.5 Å². The highest BCUT2D eigenvalue weighted by molar-refractivity contribution is 6.31. The summed E-state index contributed by atoms with van der Waals surface area (Å²) < 4.78 is 11.2. The van der Waals surface area contributed by atoms with E-state index in [1.807, 2.05) is 30.3 Å². The number of benzene rings is 4. The van der Waals surface area contributed by atoms with E-state index in [0.717, 1.165) is 5.75 Å². The predicted octanol–water partition coefficient (Wildman–Crippen LogP) is 8.38. The number of ketones is 1. The molecule has 1 amide bonds. The van der Waals surface area contributed by atoms with Gasteiger partial charge in [0.2, 0.25) is 11.7 Å². The fourth-order valence-corrected chi connectivity index (χ4v) is 4.70. The van der Waals surface area contributed by atoms with E-state index >= 15 is 0 Å². The van der Waals surface area contributed by atoms with Gasteiger partial charge >= 0.3 is 5.97 Å². The summed E-state index contributed by atoms with van der Waals surface area (Å²) in [7, 11) is 0. The molecule has 7 heteroatoms. The minimum atomic E-state index is -0.940. The first-order chi connectivity index (χ1) is 20.1. The molecule has 1 N–H and O–H groups in total. The maximum Gasteiger partial charge on any atom is 0.306 e. The molecule has 0 aliphatic heterocycles. The molecule has 6 nitrogen and oxygen atoms in total. The number of amides is 1. The number of anilines is 1. The van der Waals surface area contributed by atoms with E-state index in [-0.39, 0.29) is 29.9 Å². The molecule has 0 saturated heterocycles. The highest BCUT2D eigenvalue weighted by atomic mass is 35.5. The van der Waals surface area contributed by atoms with Crippen molar-refractivity contribution in [2.24, 2.45) is 0 Å². The lowest BCUT2D eigenvalue weighted by Gasteiger charge is -2.26. The first kappa shape index (κ1) is 30.5. The summed E-state index contributed by atoms with van der Waals surface area (Å²) in [6, 6.07) is 32.0. The number of carbonyl (C=O) groups is 3. The summed E-state index contributed by atoms with van der Waals surface area (Å²) in [5.41, 5.74) is 3.30. The van der Waals surface area contributed by atoms with Gasteiger partial charge in [-0.05, 0) is 73.0 Å². The Bertz CT molecular complexity index is 1520. The van der Waals surface area contributed by atoms with Crippen LogP contribution in [0.25, 0.3) is 0 Å². The summed E-state index contributed by atoms with van der Waals surface area (Å²) >= 11 is 5.93. The number of rotatable bonds is 12. The van der Waals surface area contributed by atoms with Crippen LogP contribution in [0, 0.1) is 0 Å². The van der Waals surface area contributed by atoms with Crippen LogP contribution in [-0.2, 0) is 19.7 Å². The molecule has 0 aromatic heterocycles. The highest BCUT2D eigenvalue weighted by Crippen LogP contribution is 2.33. The Kier molecular flexibility index (Phi) is 10.2. The Labute approximate surface area is 251 Å². The molecule has 1 unspecified atom stereocenters. The molecule has 42 heavy (non-hydrogen) atoms. The van der Waals surface area contributed by atoms with E-state index in [4.69, 9.17) is 21.1 Å². The maximum atomic E-state index is 12.4. The van der Waals surface area contributed by atoms with Crippen molar-refractivity contribution in [2.75, 3.05) is 5.32 Å². The van der Waals surface area contributed by atoms with E-state index in [1.165, 1.54) is 24.1 Å². The SMILES string of the molecule is CC(OC(=O)CCCC(=O)Nc1ccc(Oc2ccc(C(C)(C)c3ccccc3)cc2)cc1)C(=O)c1cccc(Cl)c1. The maximum absolute atomic E-state index is 12.4. The van der Waals surface area contributed by atoms with Crippen LogP contribution < -0.4 is 10.1 Å². The molecule has 0 aliphatic carbocycles. The summed E-state index contributed by atoms with van der Waals surface area (Å²) in [4.78, 5) is 37.0. The van der Waals surface area contributed by atoms with Crippen LogP contribution in [0.3, 0.4) is 0 Å². The van der Waals surface area contributed by atoms with Gasteiger partial charge in [-0.1, -0.05) is 80.0 Å². The lowest BCUT2D eigenvalue weighted by Crippen LogP contribution is -2.24. The van der Waals surface area contributed by atoms with Gasteiger partial charge in [-0.3, -0.25) is 14.4 Å². The van der Waals surface area contributed by atoms with E-state index in [0.29, 0.717) is 28.4 Å². The van der Waals surface area contributed by atoms with Crippen molar-refractivity contribution in [3.05, 3.63) is 125 Å². The zero-order valence-corrected chi connectivity index (χ0v) is 24.7. The summed E-state index contributed by atoms with van der Waals surface area (Å²) in [5.74, 6) is 0.266. The normalized spacial score (nSPS) is 11.8. The van der Waals surface area contributed by atoms with E-state index in [2.05, 4.69) is 43.4 Å². The number of nitrogens with one attached hydrogen (secondary N) is 1. The first-order valence-electron chi connectivity index (χ1n) is 13.8. The second kappa shape index (κ2) is 14.0. The third-order valence-electron chi connectivity index (χ3n) is 7.02. The number of ether oxygens (including phenoxy) is 2. The second-order valence-corrected chi connectivity index (χ2v) is 11.0. The highest BCUT2D eigenvalue weighted by Gasteiger charge is 2.23. The van der Waals surface area contributed by atoms with Crippen LogP contribution in [0.5, 0.6) is 11.5 Å². The lowest BCUT2D eigenvalue weighted by molar-refractivity contribution is -0.146. The molecule has 4 aromatic carbocycles. The van der Waals surface area contributed by atoms with Crippen LogP contribution in [0.2, 0.25) is 5.02 Å². The van der Waals surface area contributed by atoms with Crippen LogP contribution in [-0.4, -0.2) is 23.8 Å². The zero-order valence-electron chi connectivity index (χ0n) is 23.9. The zero-order chi connectivity index (χ0) is 30.1. The summed E-state index contributed by atoms with van der Waals surface area (Å²) in [6.45, 7) is 5.91. The monoisotopic (exact) mass is 583 g/mol. The predicted molar refractivity (Wildman–Crippen MR) is 165 cm³/mol. The van der Waals surface area contributed by atoms with Crippen LogP contribution in [0.4, 0.5) is 5.69 Å². The first-order valence-corrected chi connectivity index (χ1v) is 14.2. The number of carbonyl (C=O) groups excluding carboxylic acids is 3. The number of hydrogen-bond acceptors (Lipinski definition) is 5. The molecular formula is C35H34ClNO5. The number of esters is 1. The Morgan fingerprint density at radius 1 is 0.786 bits per heavy atom. The van der Waals surface area contributed by atoms with Gasteiger partial charge < -0.3 is 14.8 Å². The lowest BCUT2D eigenvalue weighted by atomic mass is 9.78. The molecule has 0 fully saturated rings. The van der Waals surface area contributed by atoms with Gasteiger partial charge in [0.25, 0.3) is 0 Å². The Hall–Kier alpha value is -4.42. The standard InChI is InChI=1S/C35H34ClNO5/c1-24(34(40)25-9-7-12-28(36)23-25)41-33(39)14-8-13-32(38)37-29-17-21-31(22-18-29)42-30-19-15-27(16-20-30)35(2,3)26-10-5-4-6-11-26/h4-7,9-12,15-24H,8,13-14H2,1-3H3,(H,37,38). The minimum absolute atomic E-state index is 0.0225. The molecule has 1 atom stereocenters. The third-order valence-corrected chi connectivity index (χ3v) is 7.25. The smallest absolute Gasteiger partial charge is 0.306 e. The number of hydrogen-bond donors (Lipinski definition) is 1. The van der Waals surface area contributed by atoms with Crippen molar-refractivity contribution >= 4 is 34.9 Å². The average molecular weight is 584 g/mol. The van der Waals surface area contributed by atoms with Gasteiger partial charge in [-0.2, -0.15) is 0 Å². The molecule has 4 aromatic rings. The molecular weight excluding hydrogens is 550 g/mol. The van der Waals surface area contributed by atoms with Gasteiger partial charge in [0.15, 0.2) is 6.10 Å². The fraction of sp³-hybridized carbons (Fsp3) is 0.229. The van der Waals surface area contributed by atoms with Crippen molar-refractivity contribution in [1.82, 2.24) is 0 Å². The molecule has 0 radical (unpaired) electrons. The largest absolute Gasteiger partial charge is 0.457 e. The van der Waals surface area contributed by atoms with Gasteiger partial charge in [-0.25, -0.2) is 0 Å². The van der Waals surface area contributed by atoms with Gasteiger partial charge in [0.1, 0.15) is 11.5 Å². The Morgan fingerprint density at radius 3 is 2.05 bits per heavy atom. The van der Waals surface area contributed by atoms with E-state index < -0.39 is 12.1 Å². The topological polar surface area (TPSA) is 81.7 Å².